The second-order valence-corrected chi connectivity index (χ2v) is 6.53. The van der Waals surface area contributed by atoms with E-state index in [1.807, 2.05) is 6.92 Å². The first-order chi connectivity index (χ1) is 10.0. The molecule has 2 heterocycles. The standard InChI is InChI=1S/C12H22N4O4S/c1-3-13-7-11-12(9(2)15-16-11)21(17,18)14-6-10-8-19-4-5-20-10/h10,13-14H,3-8H2,1-2H3,(H,15,16). The molecule has 0 aromatic carbocycles. The summed E-state index contributed by atoms with van der Waals surface area (Å²) >= 11 is 0. The summed E-state index contributed by atoms with van der Waals surface area (Å²) in [6.45, 7) is 6.42. The Hall–Kier alpha value is -1.00. The second kappa shape index (κ2) is 7.32. The molecule has 0 spiro atoms. The average Bonchev–Trinajstić information content (AvgIpc) is 2.86. The van der Waals surface area contributed by atoms with Crippen LogP contribution in [0.5, 0.6) is 0 Å². The van der Waals surface area contributed by atoms with Gasteiger partial charge in [0.05, 0.1) is 37.3 Å². The summed E-state index contributed by atoms with van der Waals surface area (Å²) < 4.78 is 38.1. The van der Waals surface area contributed by atoms with Gasteiger partial charge in [0.25, 0.3) is 0 Å². The van der Waals surface area contributed by atoms with Crippen LogP contribution in [0.3, 0.4) is 0 Å². The molecule has 1 atom stereocenters. The lowest BCUT2D eigenvalue weighted by Gasteiger charge is -2.23. The Bertz CT molecular complexity index is 552. The number of rotatable bonds is 7. The van der Waals surface area contributed by atoms with Gasteiger partial charge in [-0.1, -0.05) is 6.92 Å². The van der Waals surface area contributed by atoms with Crippen LogP contribution in [0, 0.1) is 6.92 Å². The average molecular weight is 318 g/mol. The van der Waals surface area contributed by atoms with Gasteiger partial charge in [-0.15, -0.1) is 0 Å². The molecule has 0 radical (unpaired) electrons. The normalized spacial score (nSPS) is 19.8. The number of nitrogens with one attached hydrogen (secondary N) is 3. The summed E-state index contributed by atoms with van der Waals surface area (Å²) in [6, 6.07) is 0. The third-order valence-corrected chi connectivity index (χ3v) is 4.78. The van der Waals surface area contributed by atoms with E-state index in [0.29, 0.717) is 37.8 Å². The third-order valence-electron chi connectivity index (χ3n) is 3.16. The van der Waals surface area contributed by atoms with E-state index >= 15 is 0 Å². The zero-order valence-corrected chi connectivity index (χ0v) is 13.1. The van der Waals surface area contributed by atoms with Crippen LogP contribution in [0.2, 0.25) is 0 Å². The highest BCUT2D eigenvalue weighted by Gasteiger charge is 2.25. The van der Waals surface area contributed by atoms with Crippen molar-refractivity contribution in [2.75, 3.05) is 32.9 Å². The zero-order chi connectivity index (χ0) is 15.3. The van der Waals surface area contributed by atoms with Crippen molar-refractivity contribution in [3.63, 3.8) is 0 Å². The summed E-state index contributed by atoms with van der Waals surface area (Å²) in [5.41, 5.74) is 1.01. The number of hydrogen-bond acceptors (Lipinski definition) is 6. The Morgan fingerprint density at radius 1 is 1.43 bits per heavy atom. The molecule has 1 fully saturated rings. The van der Waals surface area contributed by atoms with E-state index in [4.69, 9.17) is 9.47 Å². The number of ether oxygens (including phenoxy) is 2. The van der Waals surface area contributed by atoms with Crippen molar-refractivity contribution in [3.05, 3.63) is 11.4 Å². The van der Waals surface area contributed by atoms with Crippen molar-refractivity contribution >= 4 is 10.0 Å². The molecule has 8 nitrogen and oxygen atoms in total. The minimum Gasteiger partial charge on any atom is -0.376 e. The molecule has 1 aliphatic rings. The molecule has 9 heteroatoms. The van der Waals surface area contributed by atoms with Gasteiger partial charge in [-0.05, 0) is 13.5 Å². The monoisotopic (exact) mass is 318 g/mol. The highest BCUT2D eigenvalue weighted by molar-refractivity contribution is 7.89. The molecule has 1 unspecified atom stereocenters. The van der Waals surface area contributed by atoms with Crippen LogP contribution in [0.25, 0.3) is 0 Å². The van der Waals surface area contributed by atoms with E-state index in [2.05, 4.69) is 20.2 Å². The summed E-state index contributed by atoms with van der Waals surface area (Å²) in [4.78, 5) is 0.208. The van der Waals surface area contributed by atoms with Crippen molar-refractivity contribution in [1.29, 1.82) is 0 Å². The van der Waals surface area contributed by atoms with Crippen LogP contribution < -0.4 is 10.0 Å². The van der Waals surface area contributed by atoms with Gasteiger partial charge in [-0.2, -0.15) is 5.10 Å². The van der Waals surface area contributed by atoms with Gasteiger partial charge in [0.1, 0.15) is 4.90 Å². The van der Waals surface area contributed by atoms with Crippen molar-refractivity contribution in [3.8, 4) is 0 Å². The second-order valence-electron chi connectivity index (χ2n) is 4.82. The lowest BCUT2D eigenvalue weighted by molar-refractivity contribution is -0.0846. The Balaban J connectivity index is 2.05. The Morgan fingerprint density at radius 2 is 2.24 bits per heavy atom. The number of hydrogen-bond donors (Lipinski definition) is 3. The molecule has 2 rings (SSSR count). The maximum atomic E-state index is 12.4. The number of sulfonamides is 1. The van der Waals surface area contributed by atoms with Crippen molar-refractivity contribution in [2.24, 2.45) is 0 Å². The van der Waals surface area contributed by atoms with E-state index < -0.39 is 10.0 Å². The minimum absolute atomic E-state index is 0.188. The molecule has 120 valence electrons. The predicted octanol–water partition coefficient (Wildman–Crippen LogP) is -0.479. The van der Waals surface area contributed by atoms with E-state index in [0.717, 1.165) is 6.54 Å². The van der Waals surface area contributed by atoms with Gasteiger partial charge in [-0.25, -0.2) is 13.1 Å². The quantitative estimate of drug-likeness (QED) is 0.627. The van der Waals surface area contributed by atoms with E-state index in [1.54, 1.807) is 6.92 Å². The summed E-state index contributed by atoms with van der Waals surface area (Å²) in [5, 5.41) is 9.85. The molecule has 3 N–H and O–H groups in total. The molecule has 1 aliphatic heterocycles. The molecular weight excluding hydrogens is 296 g/mol. The summed E-state index contributed by atoms with van der Waals surface area (Å²) in [7, 11) is -3.63. The van der Waals surface area contributed by atoms with E-state index in [-0.39, 0.29) is 17.5 Å². The van der Waals surface area contributed by atoms with Crippen molar-refractivity contribution in [1.82, 2.24) is 20.2 Å². The van der Waals surface area contributed by atoms with Gasteiger partial charge in [0.2, 0.25) is 10.0 Å². The van der Waals surface area contributed by atoms with E-state index in [9.17, 15) is 8.42 Å². The summed E-state index contributed by atoms with van der Waals surface area (Å²) in [6.07, 6.45) is -0.252. The minimum atomic E-state index is -3.63. The zero-order valence-electron chi connectivity index (χ0n) is 12.3. The first-order valence-electron chi connectivity index (χ1n) is 6.98. The van der Waals surface area contributed by atoms with Gasteiger partial charge in [0.15, 0.2) is 0 Å². The van der Waals surface area contributed by atoms with Gasteiger partial charge < -0.3 is 14.8 Å². The lowest BCUT2D eigenvalue weighted by atomic mass is 10.3. The number of aromatic amines is 1. The summed E-state index contributed by atoms with van der Waals surface area (Å²) in [5.74, 6) is 0. The van der Waals surface area contributed by atoms with Crippen LogP contribution >= 0.6 is 0 Å². The first-order valence-corrected chi connectivity index (χ1v) is 8.46. The van der Waals surface area contributed by atoms with Crippen LogP contribution in [0.15, 0.2) is 4.90 Å². The van der Waals surface area contributed by atoms with E-state index in [1.165, 1.54) is 0 Å². The maximum Gasteiger partial charge on any atom is 0.244 e. The molecule has 1 saturated heterocycles. The third kappa shape index (κ3) is 4.24. The maximum absolute atomic E-state index is 12.4. The van der Waals surface area contributed by atoms with Crippen molar-refractivity contribution in [2.45, 2.75) is 31.4 Å². The number of aryl methyl sites for hydroxylation is 1. The lowest BCUT2D eigenvalue weighted by Crippen LogP contribution is -2.40. The SMILES string of the molecule is CCNCc1n[nH]c(C)c1S(=O)(=O)NCC1COCCO1. The highest BCUT2D eigenvalue weighted by Crippen LogP contribution is 2.17. The predicted molar refractivity (Wildman–Crippen MR) is 76.5 cm³/mol. The molecule has 0 saturated carbocycles. The number of H-pyrrole nitrogens is 1. The molecule has 1 aromatic heterocycles. The van der Waals surface area contributed by atoms with Gasteiger partial charge >= 0.3 is 0 Å². The smallest absolute Gasteiger partial charge is 0.244 e. The first kappa shape index (κ1) is 16.4. The topological polar surface area (TPSA) is 105 Å². The van der Waals surface area contributed by atoms with Crippen LogP contribution in [0.1, 0.15) is 18.3 Å². The van der Waals surface area contributed by atoms with Gasteiger partial charge in [-0.3, -0.25) is 5.10 Å². The fourth-order valence-corrected chi connectivity index (χ4v) is 3.54. The van der Waals surface area contributed by atoms with Crippen LogP contribution in [-0.4, -0.2) is 57.6 Å². The molecule has 21 heavy (non-hydrogen) atoms. The van der Waals surface area contributed by atoms with Gasteiger partial charge in [0, 0.05) is 13.1 Å². The Kier molecular flexibility index (Phi) is 5.71. The molecule has 1 aromatic rings. The van der Waals surface area contributed by atoms with Crippen molar-refractivity contribution < 1.29 is 17.9 Å². The fraction of sp³-hybridized carbons (Fsp3) is 0.750. The molecule has 0 aliphatic carbocycles. The molecular formula is C12H22N4O4S. The molecule has 0 amide bonds. The Labute approximate surface area is 124 Å². The largest absolute Gasteiger partial charge is 0.376 e. The van der Waals surface area contributed by atoms with Crippen LogP contribution in [0.4, 0.5) is 0 Å². The fourth-order valence-electron chi connectivity index (χ4n) is 2.12. The van der Waals surface area contributed by atoms with Crippen LogP contribution in [-0.2, 0) is 26.0 Å². The Morgan fingerprint density at radius 3 is 2.90 bits per heavy atom. The highest BCUT2D eigenvalue weighted by atomic mass is 32.2. The number of nitrogens with zero attached hydrogens (tertiary/aromatic N) is 1. The number of aromatic nitrogens is 2. The molecule has 0 bridgehead atoms.